The average Bonchev–Trinajstić information content (AvgIpc) is 3.45. The summed E-state index contributed by atoms with van der Waals surface area (Å²) in [6, 6.07) is 20.0. The summed E-state index contributed by atoms with van der Waals surface area (Å²) >= 11 is 0. The van der Waals surface area contributed by atoms with Crippen molar-refractivity contribution in [3.63, 3.8) is 0 Å². The van der Waals surface area contributed by atoms with Gasteiger partial charge in [-0.2, -0.15) is 0 Å². The van der Waals surface area contributed by atoms with E-state index in [4.69, 9.17) is 10.7 Å². The van der Waals surface area contributed by atoms with E-state index in [1.165, 1.54) is 23.1 Å². The number of anilines is 1. The molecule has 0 fully saturated rings. The first-order valence-corrected chi connectivity index (χ1v) is 11.6. The number of H-pyrrole nitrogens is 1. The molecule has 37 heavy (non-hydrogen) atoms. The van der Waals surface area contributed by atoms with Crippen LogP contribution in [0.25, 0.3) is 11.0 Å². The van der Waals surface area contributed by atoms with Crippen LogP contribution >= 0.6 is 0 Å². The quantitative estimate of drug-likeness (QED) is 0.318. The first kappa shape index (κ1) is 22.3. The summed E-state index contributed by atoms with van der Waals surface area (Å²) in [5.74, 6) is 6.02. The number of aromatic nitrogens is 3. The Morgan fingerprint density at radius 3 is 2.68 bits per heavy atom. The van der Waals surface area contributed by atoms with Gasteiger partial charge in [-0.3, -0.25) is 4.79 Å². The number of hydrogen-bond acceptors (Lipinski definition) is 5. The molecule has 7 nitrogen and oxygen atoms in total. The zero-order valence-electron chi connectivity index (χ0n) is 19.4. The first-order chi connectivity index (χ1) is 18.0. The van der Waals surface area contributed by atoms with Gasteiger partial charge in [0.25, 0.3) is 5.91 Å². The highest BCUT2D eigenvalue weighted by atomic mass is 19.1. The summed E-state index contributed by atoms with van der Waals surface area (Å²) < 4.78 is 14.5. The summed E-state index contributed by atoms with van der Waals surface area (Å²) in [7, 11) is 0. The van der Waals surface area contributed by atoms with Crippen LogP contribution in [0.1, 0.15) is 45.0 Å². The van der Waals surface area contributed by atoms with Crippen LogP contribution in [-0.2, 0) is 0 Å². The molecule has 2 aromatic heterocycles. The van der Waals surface area contributed by atoms with Gasteiger partial charge in [0.05, 0.1) is 11.0 Å². The largest absolute Gasteiger partial charge is 0.508 e. The number of nitrogen functional groups attached to an aromatic ring is 1. The van der Waals surface area contributed by atoms with Crippen LogP contribution in [-0.4, -0.2) is 30.9 Å². The van der Waals surface area contributed by atoms with Gasteiger partial charge in [-0.25, -0.2) is 14.4 Å². The van der Waals surface area contributed by atoms with Crippen LogP contribution in [0.4, 0.5) is 10.2 Å². The average molecular weight is 490 g/mol. The molecule has 180 valence electrons. The number of benzene rings is 3. The van der Waals surface area contributed by atoms with Crippen molar-refractivity contribution in [1.82, 2.24) is 19.9 Å². The molecule has 0 spiro atoms. The highest BCUT2D eigenvalue weighted by Crippen LogP contribution is 2.44. The third-order valence-corrected chi connectivity index (χ3v) is 6.37. The summed E-state index contributed by atoms with van der Waals surface area (Å²) in [4.78, 5) is 27.5. The smallest absolute Gasteiger partial charge is 0.256 e. The molecular formula is C29H20FN5O2. The molecule has 3 aromatic carbocycles. The first-order valence-electron chi connectivity index (χ1n) is 11.6. The maximum atomic E-state index is 14.5. The minimum Gasteiger partial charge on any atom is -0.508 e. The third-order valence-electron chi connectivity index (χ3n) is 6.37. The van der Waals surface area contributed by atoms with Gasteiger partial charge in [0.2, 0.25) is 0 Å². The van der Waals surface area contributed by atoms with E-state index in [1.54, 1.807) is 30.5 Å². The fourth-order valence-corrected chi connectivity index (χ4v) is 4.66. The molecule has 2 atom stereocenters. The van der Waals surface area contributed by atoms with Crippen molar-refractivity contribution in [3.05, 3.63) is 119 Å². The second-order valence-electron chi connectivity index (χ2n) is 8.69. The van der Waals surface area contributed by atoms with Crippen LogP contribution in [0, 0.1) is 17.7 Å². The number of nitrogens with two attached hydrogens (primary N) is 1. The zero-order chi connectivity index (χ0) is 25.5. The molecule has 6 rings (SSSR count). The molecule has 0 radical (unpaired) electrons. The number of aromatic amines is 1. The Morgan fingerprint density at radius 2 is 1.86 bits per heavy atom. The van der Waals surface area contributed by atoms with Gasteiger partial charge < -0.3 is 20.7 Å². The predicted molar refractivity (Wildman–Crippen MR) is 137 cm³/mol. The summed E-state index contributed by atoms with van der Waals surface area (Å²) in [6.07, 6.45) is 1.56. The molecule has 0 aliphatic carbocycles. The predicted octanol–water partition coefficient (Wildman–Crippen LogP) is 4.72. The van der Waals surface area contributed by atoms with E-state index in [-0.39, 0.29) is 17.2 Å². The minimum atomic E-state index is -0.952. The fraction of sp³-hybridized carbons (Fsp3) is 0.0690. The van der Waals surface area contributed by atoms with Crippen LogP contribution in [0.2, 0.25) is 0 Å². The Kier molecular flexibility index (Phi) is 5.31. The lowest BCUT2D eigenvalue weighted by molar-refractivity contribution is 0.0697. The SMILES string of the molecule is Nc1ccc(C#CC2c3ccccc3C(=O)N2C(c2nc3ccccc3[nH]2)c2cc(F)ccc2O)cn1. The standard InChI is InChI=1S/C29H20FN5O2/c30-18-11-13-25(36)21(15-18)27(28-33-22-7-3-4-8-23(22)34-28)35-24(12-9-17-10-14-26(31)32-16-17)19-5-1-2-6-20(19)29(35)37/h1-8,10-11,13-16,24,27,36H,(H2,31,32)(H,33,34). The number of carbonyl (C=O) groups is 1. The van der Waals surface area contributed by atoms with Crippen molar-refractivity contribution in [1.29, 1.82) is 0 Å². The van der Waals surface area contributed by atoms with Crippen molar-refractivity contribution in [3.8, 4) is 17.6 Å². The normalized spacial score (nSPS) is 15.3. The van der Waals surface area contributed by atoms with Crippen molar-refractivity contribution in [2.24, 2.45) is 0 Å². The Labute approximate surface area is 211 Å². The highest BCUT2D eigenvalue weighted by Gasteiger charge is 2.43. The number of amides is 1. The van der Waals surface area contributed by atoms with Crippen LogP contribution < -0.4 is 5.73 Å². The monoisotopic (exact) mass is 489 g/mol. The molecule has 3 heterocycles. The minimum absolute atomic E-state index is 0.162. The highest BCUT2D eigenvalue weighted by molar-refractivity contribution is 6.00. The zero-order valence-corrected chi connectivity index (χ0v) is 19.4. The second kappa shape index (κ2) is 8.81. The molecule has 2 unspecified atom stereocenters. The van der Waals surface area contributed by atoms with Crippen LogP contribution in [0.15, 0.2) is 85.1 Å². The van der Waals surface area contributed by atoms with Gasteiger partial charge in [0.1, 0.15) is 35.3 Å². The Bertz CT molecular complexity index is 1690. The topological polar surface area (TPSA) is 108 Å². The summed E-state index contributed by atoms with van der Waals surface area (Å²) in [5.41, 5.74) is 9.14. The van der Waals surface area contributed by atoms with Crippen LogP contribution in [0.3, 0.4) is 0 Å². The molecule has 0 saturated carbocycles. The lowest BCUT2D eigenvalue weighted by Gasteiger charge is -2.30. The fourth-order valence-electron chi connectivity index (χ4n) is 4.66. The van der Waals surface area contributed by atoms with E-state index < -0.39 is 17.9 Å². The summed E-state index contributed by atoms with van der Waals surface area (Å²) in [6.45, 7) is 0. The maximum absolute atomic E-state index is 14.5. The molecule has 5 aromatic rings. The van der Waals surface area contributed by atoms with Gasteiger partial charge in [0, 0.05) is 22.9 Å². The van der Waals surface area contributed by atoms with E-state index in [1.807, 2.05) is 36.4 Å². The van der Waals surface area contributed by atoms with Crippen molar-refractivity contribution >= 4 is 22.8 Å². The lowest BCUT2D eigenvalue weighted by atomic mass is 10.0. The van der Waals surface area contributed by atoms with Gasteiger partial charge in [-0.15, -0.1) is 0 Å². The second-order valence-corrected chi connectivity index (χ2v) is 8.69. The van der Waals surface area contributed by atoms with E-state index in [9.17, 15) is 14.3 Å². The lowest BCUT2D eigenvalue weighted by Crippen LogP contribution is -2.33. The molecule has 8 heteroatoms. The number of phenolic OH excluding ortho intramolecular Hbond substituents is 1. The Hall–Kier alpha value is -5.16. The van der Waals surface area contributed by atoms with E-state index in [0.717, 1.165) is 5.52 Å². The van der Waals surface area contributed by atoms with Gasteiger partial charge in [0.15, 0.2) is 0 Å². The number of rotatable bonds is 3. The maximum Gasteiger partial charge on any atom is 0.256 e. The summed E-state index contributed by atoms with van der Waals surface area (Å²) in [5, 5.41) is 10.8. The number of phenols is 1. The van der Waals surface area contributed by atoms with Crippen molar-refractivity contribution in [2.45, 2.75) is 12.1 Å². The van der Waals surface area contributed by atoms with Gasteiger partial charge >= 0.3 is 0 Å². The molecule has 1 aliphatic rings. The number of halogens is 1. The molecular weight excluding hydrogens is 469 g/mol. The number of nitrogens with one attached hydrogen (secondary N) is 1. The van der Waals surface area contributed by atoms with Crippen molar-refractivity contribution in [2.75, 3.05) is 5.73 Å². The number of fused-ring (bicyclic) bond motifs is 2. The number of pyridine rings is 1. The molecule has 1 amide bonds. The molecule has 4 N–H and O–H groups in total. The van der Waals surface area contributed by atoms with Crippen molar-refractivity contribution < 1.29 is 14.3 Å². The number of aromatic hydroxyl groups is 1. The number of imidazole rings is 1. The number of para-hydroxylation sites is 2. The third kappa shape index (κ3) is 3.93. The van der Waals surface area contributed by atoms with E-state index in [0.29, 0.717) is 33.8 Å². The van der Waals surface area contributed by atoms with Gasteiger partial charge in [-0.1, -0.05) is 42.2 Å². The number of hydrogen-bond donors (Lipinski definition) is 3. The molecule has 1 aliphatic heterocycles. The van der Waals surface area contributed by atoms with Gasteiger partial charge in [-0.05, 0) is 54.1 Å². The van der Waals surface area contributed by atoms with E-state index in [2.05, 4.69) is 21.8 Å². The molecule has 0 saturated heterocycles. The number of nitrogens with zero attached hydrogens (tertiary/aromatic N) is 3. The Balaban J connectivity index is 1.56. The molecule has 0 bridgehead atoms. The number of carbonyl (C=O) groups excluding carboxylic acids is 1. The van der Waals surface area contributed by atoms with E-state index >= 15 is 0 Å². The van der Waals surface area contributed by atoms with Crippen LogP contribution in [0.5, 0.6) is 5.75 Å². The Morgan fingerprint density at radius 1 is 1.05 bits per heavy atom.